The number of aliphatic hydroxyl groups excluding tert-OH is 1. The van der Waals surface area contributed by atoms with Crippen LogP contribution in [0.5, 0.6) is 5.75 Å². The molecule has 0 amide bonds. The van der Waals surface area contributed by atoms with Crippen molar-refractivity contribution in [1.29, 1.82) is 0 Å². The van der Waals surface area contributed by atoms with Crippen molar-refractivity contribution in [2.45, 2.75) is 43.5 Å². The zero-order valence-corrected chi connectivity index (χ0v) is 14.1. The van der Waals surface area contributed by atoms with Crippen molar-refractivity contribution in [3.8, 4) is 5.75 Å². The van der Waals surface area contributed by atoms with Gasteiger partial charge in [0.05, 0.1) is 17.8 Å². The second-order valence-corrected chi connectivity index (χ2v) is 7.07. The zero-order chi connectivity index (χ0) is 17.2. The highest BCUT2D eigenvalue weighted by molar-refractivity contribution is 5.22. The molecule has 3 rings (SSSR count). The summed E-state index contributed by atoms with van der Waals surface area (Å²) in [6.45, 7) is 5.04. The molecule has 2 aliphatic heterocycles. The molecule has 2 saturated heterocycles. The Kier molecular flexibility index (Phi) is 5.11. The Morgan fingerprint density at radius 3 is 2.58 bits per heavy atom. The van der Waals surface area contributed by atoms with Gasteiger partial charge in [-0.05, 0) is 44.0 Å². The number of piperidine rings is 1. The summed E-state index contributed by atoms with van der Waals surface area (Å²) in [5.41, 5.74) is -1.71. The fourth-order valence-corrected chi connectivity index (χ4v) is 3.64. The molecule has 24 heavy (non-hydrogen) atoms. The van der Waals surface area contributed by atoms with Gasteiger partial charge in [-0.1, -0.05) is 0 Å². The van der Waals surface area contributed by atoms with Crippen molar-refractivity contribution in [2.75, 3.05) is 32.8 Å². The summed E-state index contributed by atoms with van der Waals surface area (Å²) in [6, 6.07) is 6.00. The minimum absolute atomic E-state index is 0.273. The topological polar surface area (TPSA) is 62.2 Å². The first-order chi connectivity index (χ1) is 11.4. The number of halogens is 1. The highest BCUT2D eigenvalue weighted by Gasteiger charge is 2.52. The molecule has 2 fully saturated rings. The third kappa shape index (κ3) is 3.72. The second kappa shape index (κ2) is 6.96. The van der Waals surface area contributed by atoms with Crippen LogP contribution in [0.1, 0.15) is 26.2 Å². The lowest BCUT2D eigenvalue weighted by Gasteiger charge is -2.51. The smallest absolute Gasteiger partial charge is 0.123 e. The van der Waals surface area contributed by atoms with Crippen molar-refractivity contribution in [3.63, 3.8) is 0 Å². The number of aliphatic hydroxyl groups is 2. The summed E-state index contributed by atoms with van der Waals surface area (Å²) in [5.74, 6) is 0.387. The molecule has 2 N–H and O–H groups in total. The maximum absolute atomic E-state index is 12.8. The van der Waals surface area contributed by atoms with Crippen LogP contribution in [0.25, 0.3) is 0 Å². The van der Waals surface area contributed by atoms with Gasteiger partial charge in [0.25, 0.3) is 0 Å². The summed E-state index contributed by atoms with van der Waals surface area (Å²) >= 11 is 0. The molecule has 0 unspecified atom stereocenters. The van der Waals surface area contributed by atoms with E-state index in [0.717, 1.165) is 19.6 Å². The maximum atomic E-state index is 12.8. The molecular weight excluding hydrogens is 313 g/mol. The van der Waals surface area contributed by atoms with Gasteiger partial charge in [0.15, 0.2) is 0 Å². The molecule has 0 aliphatic carbocycles. The molecule has 2 aliphatic rings. The van der Waals surface area contributed by atoms with Crippen LogP contribution in [0.2, 0.25) is 0 Å². The molecule has 2 atom stereocenters. The molecule has 0 radical (unpaired) electrons. The Bertz CT molecular complexity index is 540. The predicted octanol–water partition coefficient (Wildman–Crippen LogP) is 1.57. The predicted molar refractivity (Wildman–Crippen MR) is 87.5 cm³/mol. The molecule has 5 nitrogen and oxygen atoms in total. The monoisotopic (exact) mass is 339 g/mol. The molecule has 0 aromatic heterocycles. The number of hydrogen-bond acceptors (Lipinski definition) is 5. The summed E-state index contributed by atoms with van der Waals surface area (Å²) in [6.07, 6.45) is 1.00. The van der Waals surface area contributed by atoms with E-state index >= 15 is 0 Å². The van der Waals surface area contributed by atoms with Gasteiger partial charge >= 0.3 is 0 Å². The van der Waals surface area contributed by atoms with Gasteiger partial charge in [0.1, 0.15) is 24.3 Å². The van der Waals surface area contributed by atoms with Gasteiger partial charge < -0.3 is 19.7 Å². The van der Waals surface area contributed by atoms with Crippen LogP contribution < -0.4 is 4.74 Å². The van der Waals surface area contributed by atoms with Crippen molar-refractivity contribution < 1.29 is 24.1 Å². The molecule has 1 aromatic rings. The van der Waals surface area contributed by atoms with E-state index in [2.05, 4.69) is 4.90 Å². The van der Waals surface area contributed by atoms with Gasteiger partial charge in [-0.25, -0.2) is 4.39 Å². The quantitative estimate of drug-likeness (QED) is 0.872. The summed E-state index contributed by atoms with van der Waals surface area (Å²) in [4.78, 5) is 2.26. The number of hydrogen-bond donors (Lipinski definition) is 2. The average molecular weight is 339 g/mol. The Morgan fingerprint density at radius 1 is 1.25 bits per heavy atom. The standard InChI is InChI=1S/C18H26FNO4/c1-17(22)8-12-24-18(16(17)21)6-9-20(10-7-18)11-13-23-15-4-2-14(19)3-5-15/h2-5,16,21-22H,6-13H2,1H3/t16-,17+/m0/s1. The summed E-state index contributed by atoms with van der Waals surface area (Å²) < 4.78 is 24.4. The minimum atomic E-state index is -1.08. The Balaban J connectivity index is 1.46. The van der Waals surface area contributed by atoms with Crippen LogP contribution in [0.15, 0.2) is 24.3 Å². The van der Waals surface area contributed by atoms with Gasteiger partial charge in [-0.2, -0.15) is 0 Å². The Hall–Kier alpha value is -1.21. The fraction of sp³-hybridized carbons (Fsp3) is 0.667. The number of likely N-dealkylation sites (tertiary alicyclic amines) is 1. The van der Waals surface area contributed by atoms with Gasteiger partial charge in [0.2, 0.25) is 0 Å². The highest BCUT2D eigenvalue weighted by Crippen LogP contribution is 2.39. The van der Waals surface area contributed by atoms with E-state index in [0.29, 0.717) is 38.2 Å². The molecular formula is C18H26FNO4. The van der Waals surface area contributed by atoms with Gasteiger partial charge in [-0.3, -0.25) is 4.90 Å². The zero-order valence-electron chi connectivity index (χ0n) is 14.1. The van der Waals surface area contributed by atoms with Gasteiger partial charge in [0, 0.05) is 26.1 Å². The first-order valence-electron chi connectivity index (χ1n) is 8.56. The average Bonchev–Trinajstić information content (AvgIpc) is 2.56. The largest absolute Gasteiger partial charge is 0.492 e. The highest BCUT2D eigenvalue weighted by atomic mass is 19.1. The van der Waals surface area contributed by atoms with Crippen LogP contribution in [-0.2, 0) is 4.74 Å². The van der Waals surface area contributed by atoms with E-state index in [9.17, 15) is 14.6 Å². The second-order valence-electron chi connectivity index (χ2n) is 7.07. The van der Waals surface area contributed by atoms with E-state index in [1.807, 2.05) is 0 Å². The summed E-state index contributed by atoms with van der Waals surface area (Å²) in [7, 11) is 0. The van der Waals surface area contributed by atoms with Gasteiger partial charge in [-0.15, -0.1) is 0 Å². The molecule has 134 valence electrons. The molecule has 2 heterocycles. The molecule has 1 spiro atoms. The van der Waals surface area contributed by atoms with Crippen molar-refractivity contribution in [1.82, 2.24) is 4.90 Å². The number of benzene rings is 1. The Labute approximate surface area is 142 Å². The van der Waals surface area contributed by atoms with Crippen LogP contribution in [0.3, 0.4) is 0 Å². The van der Waals surface area contributed by atoms with E-state index in [1.165, 1.54) is 12.1 Å². The maximum Gasteiger partial charge on any atom is 0.123 e. The number of nitrogens with zero attached hydrogens (tertiary/aromatic N) is 1. The third-order valence-electron chi connectivity index (χ3n) is 5.28. The lowest BCUT2D eigenvalue weighted by atomic mass is 9.75. The first-order valence-corrected chi connectivity index (χ1v) is 8.56. The van der Waals surface area contributed by atoms with Crippen molar-refractivity contribution in [2.24, 2.45) is 0 Å². The molecule has 0 bridgehead atoms. The van der Waals surface area contributed by atoms with E-state index in [4.69, 9.17) is 9.47 Å². The lowest BCUT2D eigenvalue weighted by molar-refractivity contribution is -0.246. The minimum Gasteiger partial charge on any atom is -0.492 e. The Morgan fingerprint density at radius 2 is 1.92 bits per heavy atom. The normalized spacial score (nSPS) is 30.4. The van der Waals surface area contributed by atoms with E-state index in [1.54, 1.807) is 19.1 Å². The SMILES string of the molecule is C[C@@]1(O)CCOC2(CCN(CCOc3ccc(F)cc3)CC2)[C@H]1O. The van der Waals surface area contributed by atoms with Crippen LogP contribution in [0.4, 0.5) is 4.39 Å². The van der Waals surface area contributed by atoms with Crippen molar-refractivity contribution in [3.05, 3.63) is 30.1 Å². The molecule has 6 heteroatoms. The van der Waals surface area contributed by atoms with Crippen molar-refractivity contribution >= 4 is 0 Å². The van der Waals surface area contributed by atoms with Crippen LogP contribution in [-0.4, -0.2) is 65.3 Å². The number of rotatable bonds is 4. The third-order valence-corrected chi connectivity index (χ3v) is 5.28. The van der Waals surface area contributed by atoms with Crippen LogP contribution in [0, 0.1) is 5.82 Å². The van der Waals surface area contributed by atoms with E-state index in [-0.39, 0.29) is 5.82 Å². The first kappa shape index (κ1) is 17.6. The number of ether oxygens (including phenoxy) is 2. The van der Waals surface area contributed by atoms with E-state index < -0.39 is 17.3 Å². The fourth-order valence-electron chi connectivity index (χ4n) is 3.64. The lowest BCUT2D eigenvalue weighted by Crippen LogP contribution is -2.64. The summed E-state index contributed by atoms with van der Waals surface area (Å²) in [5, 5.41) is 20.8. The molecule has 1 aromatic carbocycles. The molecule has 0 saturated carbocycles. The van der Waals surface area contributed by atoms with Crippen LogP contribution >= 0.6 is 0 Å².